The Morgan fingerprint density at radius 2 is 2.18 bits per heavy atom. The van der Waals surface area contributed by atoms with Crippen LogP contribution >= 0.6 is 25.6 Å². The van der Waals surface area contributed by atoms with E-state index in [1.807, 2.05) is 0 Å². The second-order valence-corrected chi connectivity index (χ2v) is 2.97. The Morgan fingerprint density at radius 1 is 1.45 bits per heavy atom. The summed E-state index contributed by atoms with van der Waals surface area (Å²) in [4.78, 5) is 14.1. The van der Waals surface area contributed by atoms with Crippen molar-refractivity contribution in [3.05, 3.63) is 23.9 Å². The Morgan fingerprint density at radius 3 is 2.55 bits per heavy atom. The van der Waals surface area contributed by atoms with E-state index in [0.29, 0.717) is 11.4 Å². The van der Waals surface area contributed by atoms with Crippen molar-refractivity contribution in [2.24, 2.45) is 0 Å². The van der Waals surface area contributed by atoms with Crippen LogP contribution in [0.15, 0.2) is 18.3 Å². The van der Waals surface area contributed by atoms with Gasteiger partial charge in [0.2, 0.25) is 0 Å². The molecule has 58 valence electrons. The predicted octanol–water partition coefficient (Wildman–Crippen LogP) is 1.39. The maximum Gasteiger partial charge on any atom is 0.151 e. The summed E-state index contributed by atoms with van der Waals surface area (Å²) in [5.74, 6) is 0.585. The van der Waals surface area contributed by atoms with Gasteiger partial charge in [-0.1, -0.05) is 25.6 Å². The lowest BCUT2D eigenvalue weighted by Gasteiger charge is -2.06. The van der Waals surface area contributed by atoms with Crippen molar-refractivity contribution in [1.29, 1.82) is 0 Å². The van der Waals surface area contributed by atoms with Crippen LogP contribution in [0.4, 0.5) is 5.82 Å². The maximum atomic E-state index is 10.2. The smallest absolute Gasteiger partial charge is 0.151 e. The highest BCUT2D eigenvalue weighted by Crippen LogP contribution is 2.13. The van der Waals surface area contributed by atoms with Gasteiger partial charge in [0.25, 0.3) is 0 Å². The van der Waals surface area contributed by atoms with Crippen molar-refractivity contribution in [3.63, 3.8) is 0 Å². The average Bonchev–Trinajstić information content (AvgIpc) is 2.05. The molecule has 0 aliphatic heterocycles. The summed E-state index contributed by atoms with van der Waals surface area (Å²) in [5, 5.41) is 0. The molecule has 1 aromatic heterocycles. The van der Waals surface area contributed by atoms with Crippen molar-refractivity contribution in [3.8, 4) is 0 Å². The van der Waals surface area contributed by atoms with Crippen LogP contribution in [0.25, 0.3) is 0 Å². The molecule has 11 heavy (non-hydrogen) atoms. The van der Waals surface area contributed by atoms with Crippen LogP contribution in [0.1, 0.15) is 10.4 Å². The first kappa shape index (κ1) is 8.42. The number of rotatable bonds is 2. The minimum Gasteiger partial charge on any atom is -0.298 e. The van der Waals surface area contributed by atoms with Gasteiger partial charge in [-0.25, -0.2) is 8.69 Å². The number of carbonyl (C=O) groups is 1. The Kier molecular flexibility index (Phi) is 2.78. The molecule has 0 radical (unpaired) electrons. The Labute approximate surface area is 75.5 Å². The second-order valence-electron chi connectivity index (χ2n) is 1.86. The fourth-order valence-corrected chi connectivity index (χ4v) is 0.822. The van der Waals surface area contributed by atoms with E-state index in [0.717, 1.165) is 6.29 Å². The molecule has 1 rings (SSSR count). The molecule has 3 nitrogen and oxygen atoms in total. The summed E-state index contributed by atoms with van der Waals surface area (Å²) in [6, 6.07) is 3.30. The van der Waals surface area contributed by atoms with Gasteiger partial charge in [-0.3, -0.25) is 4.79 Å². The van der Waals surface area contributed by atoms with E-state index in [2.05, 4.69) is 30.6 Å². The predicted molar refractivity (Wildman–Crippen MR) is 50.1 cm³/mol. The molecule has 0 N–H and O–H groups in total. The van der Waals surface area contributed by atoms with Crippen molar-refractivity contribution in [1.82, 2.24) is 4.98 Å². The zero-order valence-electron chi connectivity index (χ0n) is 5.51. The SMILES string of the molecule is O=Cc1ccc(N(S)S)nc1. The van der Waals surface area contributed by atoms with Gasteiger partial charge in [0.15, 0.2) is 6.29 Å². The third kappa shape index (κ3) is 2.13. The van der Waals surface area contributed by atoms with E-state index in [4.69, 9.17) is 0 Å². The molecule has 5 heteroatoms. The van der Waals surface area contributed by atoms with Gasteiger partial charge in [-0.05, 0) is 12.1 Å². The number of aromatic nitrogens is 1. The second kappa shape index (κ2) is 3.64. The molecule has 0 spiro atoms. The number of carbonyl (C=O) groups excluding carboxylic acids is 1. The zero-order valence-corrected chi connectivity index (χ0v) is 7.30. The first-order valence-corrected chi connectivity index (χ1v) is 3.63. The van der Waals surface area contributed by atoms with Crippen molar-refractivity contribution < 1.29 is 4.79 Å². The molecule has 0 unspecified atom stereocenters. The topological polar surface area (TPSA) is 33.2 Å². The molecule has 0 aromatic carbocycles. The molecular weight excluding hydrogens is 180 g/mol. The fourth-order valence-electron chi connectivity index (χ4n) is 0.586. The van der Waals surface area contributed by atoms with E-state index in [1.54, 1.807) is 12.1 Å². The summed E-state index contributed by atoms with van der Waals surface area (Å²) in [6.07, 6.45) is 2.19. The molecule has 0 amide bonds. The minimum absolute atomic E-state index is 0.539. The van der Waals surface area contributed by atoms with Gasteiger partial charge in [0.1, 0.15) is 5.82 Å². The zero-order chi connectivity index (χ0) is 8.27. The van der Waals surface area contributed by atoms with Gasteiger partial charge in [-0.15, -0.1) is 0 Å². The third-order valence-corrected chi connectivity index (χ3v) is 1.52. The number of hydrogen-bond donors (Lipinski definition) is 2. The van der Waals surface area contributed by atoms with Crippen LogP contribution in [-0.2, 0) is 0 Å². The van der Waals surface area contributed by atoms with Crippen LogP contribution in [-0.4, -0.2) is 11.3 Å². The van der Waals surface area contributed by atoms with E-state index in [1.165, 1.54) is 9.91 Å². The number of anilines is 1. The third-order valence-electron chi connectivity index (χ3n) is 1.11. The Bertz CT molecular complexity index is 247. The molecular formula is C6H6N2OS2. The normalized spacial score (nSPS) is 9.27. The van der Waals surface area contributed by atoms with E-state index in [-0.39, 0.29) is 0 Å². The Balaban J connectivity index is 2.91. The molecule has 0 aliphatic carbocycles. The first-order chi connectivity index (χ1) is 5.24. The van der Waals surface area contributed by atoms with Crippen molar-refractivity contribution in [2.75, 3.05) is 3.71 Å². The quantitative estimate of drug-likeness (QED) is 0.541. The molecule has 1 aromatic rings. The van der Waals surface area contributed by atoms with E-state index in [9.17, 15) is 4.79 Å². The molecule has 0 saturated heterocycles. The first-order valence-electron chi connectivity index (χ1n) is 2.83. The van der Waals surface area contributed by atoms with Gasteiger partial charge in [0.05, 0.1) is 0 Å². The monoisotopic (exact) mass is 186 g/mol. The summed E-state index contributed by atoms with van der Waals surface area (Å²) < 4.78 is 1.27. The van der Waals surface area contributed by atoms with Crippen molar-refractivity contribution >= 4 is 37.7 Å². The van der Waals surface area contributed by atoms with Crippen molar-refractivity contribution in [2.45, 2.75) is 0 Å². The van der Waals surface area contributed by atoms with Crippen LogP contribution in [0, 0.1) is 0 Å². The molecule has 0 aliphatic rings. The van der Waals surface area contributed by atoms with Crippen LogP contribution < -0.4 is 3.71 Å². The van der Waals surface area contributed by atoms with E-state index >= 15 is 0 Å². The number of aldehydes is 1. The summed E-state index contributed by atoms with van der Waals surface area (Å²) >= 11 is 7.80. The largest absolute Gasteiger partial charge is 0.298 e. The van der Waals surface area contributed by atoms with Gasteiger partial charge in [0, 0.05) is 11.8 Å². The highest BCUT2D eigenvalue weighted by molar-refractivity contribution is 8.00. The van der Waals surface area contributed by atoms with Crippen LogP contribution in [0.2, 0.25) is 0 Å². The summed E-state index contributed by atoms with van der Waals surface area (Å²) in [6.45, 7) is 0. The molecule has 0 bridgehead atoms. The Hall–Kier alpha value is -0.680. The van der Waals surface area contributed by atoms with E-state index < -0.39 is 0 Å². The number of nitrogens with zero attached hydrogens (tertiary/aromatic N) is 2. The minimum atomic E-state index is 0.539. The lowest BCUT2D eigenvalue weighted by molar-refractivity contribution is 0.112. The number of thiol groups is 2. The molecule has 0 fully saturated rings. The summed E-state index contributed by atoms with van der Waals surface area (Å²) in [7, 11) is 0. The number of pyridine rings is 1. The highest BCUT2D eigenvalue weighted by Gasteiger charge is 1.96. The van der Waals surface area contributed by atoms with Crippen LogP contribution in [0.5, 0.6) is 0 Å². The maximum absolute atomic E-state index is 10.2. The molecule has 1 heterocycles. The van der Waals surface area contributed by atoms with Crippen LogP contribution in [0.3, 0.4) is 0 Å². The molecule has 0 saturated carbocycles. The lowest BCUT2D eigenvalue weighted by Crippen LogP contribution is -1.95. The average molecular weight is 186 g/mol. The number of hydrogen-bond acceptors (Lipinski definition) is 5. The standard InChI is InChI=1S/C6H6N2OS2/c9-4-5-1-2-6(7-3-5)8(10)11/h1-4,10-11H. The van der Waals surface area contributed by atoms with Gasteiger partial charge in [-0.2, -0.15) is 0 Å². The highest BCUT2D eigenvalue weighted by atomic mass is 32.2. The van der Waals surface area contributed by atoms with Gasteiger partial charge < -0.3 is 0 Å². The fraction of sp³-hybridized carbons (Fsp3) is 0. The summed E-state index contributed by atoms with van der Waals surface area (Å²) in [5.41, 5.74) is 0.539. The lowest BCUT2D eigenvalue weighted by atomic mass is 10.3. The van der Waals surface area contributed by atoms with Gasteiger partial charge >= 0.3 is 0 Å². The molecule has 0 atom stereocenters.